The number of ether oxygens (including phenoxy) is 1. The largest absolute Gasteiger partial charge is 0.384 e. The third kappa shape index (κ3) is 4.24. The van der Waals surface area contributed by atoms with Crippen LogP contribution in [0.1, 0.15) is 9.75 Å². The van der Waals surface area contributed by atoms with Crippen LogP contribution in [0.2, 0.25) is 0 Å². The highest BCUT2D eigenvalue weighted by Crippen LogP contribution is 2.34. The van der Waals surface area contributed by atoms with Crippen molar-refractivity contribution in [2.45, 2.75) is 13.5 Å². The molecule has 0 saturated carbocycles. The maximum absolute atomic E-state index is 11.8. The minimum Gasteiger partial charge on any atom is -0.384 e. The van der Waals surface area contributed by atoms with Gasteiger partial charge in [0.15, 0.2) is 5.13 Å². The predicted molar refractivity (Wildman–Crippen MR) is 87.3 cm³/mol. The van der Waals surface area contributed by atoms with Crippen molar-refractivity contribution in [2.24, 2.45) is 5.73 Å². The Labute approximate surface area is 132 Å². The summed E-state index contributed by atoms with van der Waals surface area (Å²) in [5.41, 5.74) is 6.40. The fourth-order valence-electron chi connectivity index (χ4n) is 1.66. The molecule has 0 atom stereocenters. The summed E-state index contributed by atoms with van der Waals surface area (Å²) >= 11 is 2.89. The number of methoxy groups -OCH3 is 1. The first kappa shape index (κ1) is 16.4. The van der Waals surface area contributed by atoms with Crippen molar-refractivity contribution < 1.29 is 13.2 Å². The van der Waals surface area contributed by atoms with Crippen molar-refractivity contribution in [2.75, 3.05) is 24.2 Å². The number of aromatic nitrogens is 1. The SMILES string of the molecule is COCCS(=O)(=O)Nc1nc(-c2ccc(CN)s2)c(C)s1. The number of nitrogens with one attached hydrogen (secondary N) is 1. The number of nitrogens with two attached hydrogens (primary N) is 1. The molecule has 0 fully saturated rings. The molecule has 6 nitrogen and oxygen atoms in total. The van der Waals surface area contributed by atoms with Crippen LogP contribution in [0.15, 0.2) is 12.1 Å². The van der Waals surface area contributed by atoms with Crippen LogP contribution in [0.25, 0.3) is 10.6 Å². The normalized spacial score (nSPS) is 11.8. The van der Waals surface area contributed by atoms with Crippen molar-refractivity contribution in [3.8, 4) is 10.6 Å². The number of aryl methyl sites for hydroxylation is 1. The van der Waals surface area contributed by atoms with Gasteiger partial charge in [0, 0.05) is 23.4 Å². The smallest absolute Gasteiger partial charge is 0.236 e. The lowest BCUT2D eigenvalue weighted by Crippen LogP contribution is -2.19. The molecule has 0 saturated heterocycles. The number of hydrogen-bond acceptors (Lipinski definition) is 7. The first-order valence-corrected chi connectivity index (χ1v) is 9.49. The van der Waals surface area contributed by atoms with Crippen LogP contribution in [0.5, 0.6) is 0 Å². The molecule has 2 rings (SSSR count). The van der Waals surface area contributed by atoms with Gasteiger partial charge in [0.2, 0.25) is 10.0 Å². The van der Waals surface area contributed by atoms with Gasteiger partial charge in [-0.25, -0.2) is 13.4 Å². The molecule has 0 aliphatic rings. The Morgan fingerprint density at radius 1 is 1.38 bits per heavy atom. The molecule has 0 amide bonds. The molecule has 116 valence electrons. The lowest BCUT2D eigenvalue weighted by Gasteiger charge is -2.03. The van der Waals surface area contributed by atoms with Gasteiger partial charge in [-0.1, -0.05) is 0 Å². The summed E-state index contributed by atoms with van der Waals surface area (Å²) in [7, 11) is -1.96. The highest BCUT2D eigenvalue weighted by molar-refractivity contribution is 7.92. The van der Waals surface area contributed by atoms with Gasteiger partial charge in [-0.05, 0) is 19.1 Å². The van der Waals surface area contributed by atoms with Crippen LogP contribution < -0.4 is 10.5 Å². The zero-order valence-corrected chi connectivity index (χ0v) is 14.2. The van der Waals surface area contributed by atoms with Crippen LogP contribution in [-0.2, 0) is 21.3 Å². The topological polar surface area (TPSA) is 94.3 Å². The van der Waals surface area contributed by atoms with Crippen molar-refractivity contribution in [1.29, 1.82) is 0 Å². The first-order valence-electron chi connectivity index (χ1n) is 6.21. The average Bonchev–Trinajstić information content (AvgIpc) is 3.02. The van der Waals surface area contributed by atoms with E-state index in [1.807, 2.05) is 19.1 Å². The second kappa shape index (κ2) is 6.84. The zero-order chi connectivity index (χ0) is 15.5. The van der Waals surface area contributed by atoms with Gasteiger partial charge >= 0.3 is 0 Å². The summed E-state index contributed by atoms with van der Waals surface area (Å²) in [6, 6.07) is 3.92. The van der Waals surface area contributed by atoms with E-state index in [1.165, 1.54) is 18.4 Å². The standard InChI is InChI=1S/C12H17N3O3S3/c1-8-11(10-4-3-9(7-13)20-10)14-12(19-8)15-21(16,17)6-5-18-2/h3-4H,5-7,13H2,1-2H3,(H,14,15). The molecule has 0 spiro atoms. The maximum Gasteiger partial charge on any atom is 0.236 e. The second-order valence-electron chi connectivity index (χ2n) is 4.31. The van der Waals surface area contributed by atoms with E-state index in [4.69, 9.17) is 10.5 Å². The number of anilines is 1. The van der Waals surface area contributed by atoms with Crippen LogP contribution in [0.3, 0.4) is 0 Å². The molecule has 2 aromatic heterocycles. The predicted octanol–water partition coefficient (Wildman–Crippen LogP) is 2.03. The van der Waals surface area contributed by atoms with Gasteiger partial charge in [0.05, 0.1) is 22.9 Å². The molecule has 9 heteroatoms. The number of thiazole rings is 1. The van der Waals surface area contributed by atoms with Crippen LogP contribution in [0, 0.1) is 6.92 Å². The monoisotopic (exact) mass is 347 g/mol. The Kier molecular flexibility index (Phi) is 5.33. The Morgan fingerprint density at radius 2 is 2.14 bits per heavy atom. The number of rotatable bonds is 7. The van der Waals surface area contributed by atoms with Gasteiger partial charge in [-0.2, -0.15) is 0 Å². The molecule has 0 radical (unpaired) electrons. The van der Waals surface area contributed by atoms with Crippen LogP contribution in [-0.4, -0.2) is 32.9 Å². The summed E-state index contributed by atoms with van der Waals surface area (Å²) in [5, 5.41) is 0.376. The number of thiophene rings is 1. The van der Waals surface area contributed by atoms with Crippen LogP contribution in [0.4, 0.5) is 5.13 Å². The van der Waals surface area contributed by atoms with Gasteiger partial charge in [-0.15, -0.1) is 22.7 Å². The minimum absolute atomic E-state index is 0.0895. The summed E-state index contributed by atoms with van der Waals surface area (Å²) < 4.78 is 30.9. The van der Waals surface area contributed by atoms with E-state index in [1.54, 1.807) is 11.3 Å². The maximum atomic E-state index is 11.8. The van der Waals surface area contributed by atoms with E-state index in [2.05, 4.69) is 9.71 Å². The molecule has 0 aliphatic heterocycles. The Morgan fingerprint density at radius 3 is 2.76 bits per heavy atom. The first-order chi connectivity index (χ1) is 9.95. The summed E-state index contributed by atoms with van der Waals surface area (Å²) in [6.07, 6.45) is 0. The van der Waals surface area contributed by atoms with E-state index < -0.39 is 10.0 Å². The van der Waals surface area contributed by atoms with Crippen molar-refractivity contribution in [1.82, 2.24) is 4.98 Å². The second-order valence-corrected chi connectivity index (χ2v) is 8.52. The summed E-state index contributed by atoms with van der Waals surface area (Å²) in [6.45, 7) is 2.56. The molecule has 0 aliphatic carbocycles. The number of hydrogen-bond donors (Lipinski definition) is 2. The molecular weight excluding hydrogens is 330 g/mol. The van der Waals surface area contributed by atoms with E-state index in [-0.39, 0.29) is 12.4 Å². The van der Waals surface area contributed by atoms with E-state index >= 15 is 0 Å². The Bertz CT molecular complexity index is 706. The summed E-state index contributed by atoms with van der Waals surface area (Å²) in [4.78, 5) is 7.40. The zero-order valence-electron chi connectivity index (χ0n) is 11.8. The highest BCUT2D eigenvalue weighted by Gasteiger charge is 2.16. The fraction of sp³-hybridized carbons (Fsp3) is 0.417. The average molecular weight is 347 g/mol. The van der Waals surface area contributed by atoms with Gasteiger partial charge in [0.25, 0.3) is 0 Å². The lowest BCUT2D eigenvalue weighted by molar-refractivity contribution is 0.217. The molecule has 2 aromatic rings. The van der Waals surface area contributed by atoms with E-state index in [0.717, 1.165) is 20.3 Å². The van der Waals surface area contributed by atoms with Gasteiger partial charge in [-0.3, -0.25) is 4.72 Å². The van der Waals surface area contributed by atoms with Crippen molar-refractivity contribution in [3.63, 3.8) is 0 Å². The van der Waals surface area contributed by atoms with Crippen molar-refractivity contribution >= 4 is 37.8 Å². The highest BCUT2D eigenvalue weighted by atomic mass is 32.2. The van der Waals surface area contributed by atoms with Gasteiger partial charge in [0.1, 0.15) is 0 Å². The molecule has 0 unspecified atom stereocenters. The molecule has 21 heavy (non-hydrogen) atoms. The molecule has 0 aromatic carbocycles. The number of nitrogens with zero attached hydrogens (tertiary/aromatic N) is 1. The fourth-order valence-corrected chi connectivity index (χ4v) is 4.69. The van der Waals surface area contributed by atoms with Crippen molar-refractivity contribution in [3.05, 3.63) is 21.9 Å². The molecule has 2 heterocycles. The molecular formula is C12H17N3O3S3. The molecule has 3 N–H and O–H groups in total. The summed E-state index contributed by atoms with van der Waals surface area (Å²) in [5.74, 6) is -0.0895. The number of sulfonamides is 1. The van der Waals surface area contributed by atoms with E-state index in [0.29, 0.717) is 11.7 Å². The quantitative estimate of drug-likeness (QED) is 0.799. The Hall–Kier alpha value is -1.00. The lowest BCUT2D eigenvalue weighted by atomic mass is 10.3. The third-order valence-corrected chi connectivity index (χ3v) is 6.03. The van der Waals surface area contributed by atoms with E-state index in [9.17, 15) is 8.42 Å². The van der Waals surface area contributed by atoms with Crippen LogP contribution >= 0.6 is 22.7 Å². The minimum atomic E-state index is -3.43. The van der Waals surface area contributed by atoms with Gasteiger partial charge < -0.3 is 10.5 Å². The Balaban J connectivity index is 2.19. The third-order valence-electron chi connectivity index (χ3n) is 2.69. The molecule has 0 bridgehead atoms.